The molecular weight excluding hydrogens is 897 g/mol. The number of hydrogen-bond donors (Lipinski definition) is 0. The SMILES string of the molecule is C=CCO[C@@H]1O[C@H](COCc2ccccc2)[C@@H](O[C@@H]2O[C@H](COCc3ccccc3)[C@H](OCc3ccccc3)[C@H](OCC=C)[C@H]2OCc2ccccc2)[C@H](OCc2ccccc2)[C@H]1OCc1ccccc1. The van der Waals surface area contributed by atoms with Crippen LogP contribution in [0.5, 0.6) is 0 Å². The van der Waals surface area contributed by atoms with Gasteiger partial charge < -0.3 is 52.1 Å². The molecule has 0 saturated carbocycles. The highest BCUT2D eigenvalue weighted by Gasteiger charge is 2.54. The first-order valence-electron chi connectivity index (χ1n) is 24.4. The fraction of sp³-hybridized carbons (Fsp3) is 0.333. The van der Waals surface area contributed by atoms with E-state index in [0.717, 1.165) is 33.4 Å². The lowest BCUT2D eigenvalue weighted by atomic mass is 9.95. The Morgan fingerprint density at radius 2 is 0.634 bits per heavy atom. The molecule has 0 amide bonds. The Morgan fingerprint density at radius 3 is 1.04 bits per heavy atom. The van der Waals surface area contributed by atoms with Crippen LogP contribution in [0.3, 0.4) is 0 Å². The minimum absolute atomic E-state index is 0.106. The lowest BCUT2D eigenvalue weighted by molar-refractivity contribution is -0.376. The van der Waals surface area contributed by atoms with Crippen molar-refractivity contribution in [2.24, 2.45) is 0 Å². The second-order valence-electron chi connectivity index (χ2n) is 17.4. The minimum atomic E-state index is -1.09. The van der Waals surface area contributed by atoms with Crippen LogP contribution in [0.2, 0.25) is 0 Å². The normalized spacial score (nSPS) is 24.3. The van der Waals surface area contributed by atoms with Crippen molar-refractivity contribution in [1.82, 2.24) is 0 Å². The second kappa shape index (κ2) is 28.4. The fourth-order valence-corrected chi connectivity index (χ4v) is 8.66. The van der Waals surface area contributed by atoms with E-state index in [2.05, 4.69) is 13.2 Å². The van der Waals surface area contributed by atoms with Crippen molar-refractivity contribution in [3.63, 3.8) is 0 Å². The van der Waals surface area contributed by atoms with Crippen LogP contribution in [0.15, 0.2) is 207 Å². The average Bonchev–Trinajstić information content (AvgIpc) is 3.42. The van der Waals surface area contributed by atoms with Crippen LogP contribution >= 0.6 is 0 Å². The van der Waals surface area contributed by atoms with Crippen LogP contribution in [-0.2, 0) is 91.7 Å². The molecule has 0 unspecified atom stereocenters. The molecule has 0 bridgehead atoms. The summed E-state index contributed by atoms with van der Waals surface area (Å²) in [5.41, 5.74) is 5.91. The van der Waals surface area contributed by atoms with E-state index in [-0.39, 0.29) is 52.9 Å². The van der Waals surface area contributed by atoms with Crippen molar-refractivity contribution in [2.45, 2.75) is 101 Å². The first-order valence-corrected chi connectivity index (χ1v) is 24.4. The Labute approximate surface area is 418 Å². The Balaban J connectivity index is 1.18. The predicted octanol–water partition coefficient (Wildman–Crippen LogP) is 10.4. The van der Waals surface area contributed by atoms with E-state index in [1.807, 2.05) is 182 Å². The van der Waals surface area contributed by atoms with Gasteiger partial charge in [-0.15, -0.1) is 13.2 Å². The maximum atomic E-state index is 7.45. The molecule has 71 heavy (non-hydrogen) atoms. The monoisotopic (exact) mass is 962 g/mol. The topological polar surface area (TPSA) is 102 Å². The lowest BCUT2D eigenvalue weighted by Gasteiger charge is -2.50. The van der Waals surface area contributed by atoms with E-state index in [1.54, 1.807) is 12.2 Å². The highest BCUT2D eigenvalue weighted by atomic mass is 16.8. The molecule has 2 aliphatic rings. The molecule has 0 spiro atoms. The van der Waals surface area contributed by atoms with Crippen molar-refractivity contribution in [2.75, 3.05) is 26.4 Å². The molecule has 8 rings (SSSR count). The van der Waals surface area contributed by atoms with Crippen molar-refractivity contribution in [3.05, 3.63) is 241 Å². The minimum Gasteiger partial charge on any atom is -0.374 e. The van der Waals surface area contributed by atoms with E-state index in [1.165, 1.54) is 0 Å². The summed E-state index contributed by atoms with van der Waals surface area (Å²) in [7, 11) is 0. The molecule has 0 radical (unpaired) electrons. The molecule has 2 fully saturated rings. The van der Waals surface area contributed by atoms with Gasteiger partial charge in [-0.3, -0.25) is 0 Å². The summed E-state index contributed by atoms with van der Waals surface area (Å²) in [6, 6.07) is 60.0. The van der Waals surface area contributed by atoms with Crippen LogP contribution in [0.4, 0.5) is 0 Å². The number of hydrogen-bond acceptors (Lipinski definition) is 11. The standard InChI is InChI=1S/C60H66O11/c1-3-35-63-55-53(65-39-47-27-15-7-16-28-47)51(43-61-37-45-23-11-5-12-24-45)70-60(58(55)68-42-50-33-21-10-22-34-50)71-54-52(44-62-38-46-25-13-6-14-26-46)69-59(64-36-4-2)57(67-41-49-31-19-9-20-32-49)56(54)66-40-48-29-17-8-18-30-48/h3-34,51-60H,1-2,35-44H2/t51-,52-,53+,54-,55+,56+,57-,58-,59-,60+/m1/s1. The van der Waals surface area contributed by atoms with Crippen LogP contribution in [-0.4, -0.2) is 87.8 Å². The molecule has 11 nitrogen and oxygen atoms in total. The van der Waals surface area contributed by atoms with Gasteiger partial charge >= 0.3 is 0 Å². The Morgan fingerprint density at radius 1 is 0.324 bits per heavy atom. The zero-order valence-electron chi connectivity index (χ0n) is 40.2. The van der Waals surface area contributed by atoms with Crippen molar-refractivity contribution >= 4 is 0 Å². The predicted molar refractivity (Wildman–Crippen MR) is 271 cm³/mol. The van der Waals surface area contributed by atoms with Gasteiger partial charge in [0.05, 0.1) is 66.1 Å². The summed E-state index contributed by atoms with van der Waals surface area (Å²) in [4.78, 5) is 0. The third-order valence-corrected chi connectivity index (χ3v) is 12.2. The van der Waals surface area contributed by atoms with E-state index in [9.17, 15) is 0 Å². The summed E-state index contributed by atoms with van der Waals surface area (Å²) in [5, 5.41) is 0. The average molecular weight is 963 g/mol. The van der Waals surface area contributed by atoms with Crippen LogP contribution in [0.25, 0.3) is 0 Å². The summed E-state index contributed by atoms with van der Waals surface area (Å²) >= 11 is 0. The van der Waals surface area contributed by atoms with Gasteiger partial charge in [-0.1, -0.05) is 194 Å². The third kappa shape index (κ3) is 15.7. The molecule has 2 aliphatic heterocycles. The van der Waals surface area contributed by atoms with Crippen molar-refractivity contribution < 1.29 is 52.1 Å². The van der Waals surface area contributed by atoms with E-state index in [0.29, 0.717) is 13.2 Å². The highest BCUT2D eigenvalue weighted by molar-refractivity contribution is 5.18. The van der Waals surface area contributed by atoms with Gasteiger partial charge in [0.25, 0.3) is 0 Å². The summed E-state index contributed by atoms with van der Waals surface area (Å²) in [5.74, 6) is 0. The Hall–Kier alpha value is -5.64. The maximum Gasteiger partial charge on any atom is 0.187 e. The largest absolute Gasteiger partial charge is 0.374 e. The number of benzene rings is 6. The summed E-state index contributed by atoms with van der Waals surface area (Å²) < 4.78 is 75.5. The van der Waals surface area contributed by atoms with E-state index in [4.69, 9.17) is 52.1 Å². The van der Waals surface area contributed by atoms with Gasteiger partial charge in [-0.2, -0.15) is 0 Å². The summed E-state index contributed by atoms with van der Waals surface area (Å²) in [6.45, 7) is 10.3. The van der Waals surface area contributed by atoms with Gasteiger partial charge in [-0.25, -0.2) is 0 Å². The molecule has 6 aromatic carbocycles. The van der Waals surface area contributed by atoms with Gasteiger partial charge in [-0.05, 0) is 33.4 Å². The van der Waals surface area contributed by atoms with E-state index < -0.39 is 61.4 Å². The zero-order chi connectivity index (χ0) is 48.7. The van der Waals surface area contributed by atoms with Crippen LogP contribution < -0.4 is 0 Å². The molecule has 11 heteroatoms. The van der Waals surface area contributed by atoms with Gasteiger partial charge in [0.1, 0.15) is 48.8 Å². The van der Waals surface area contributed by atoms with Gasteiger partial charge in [0, 0.05) is 0 Å². The number of rotatable bonds is 28. The Kier molecular flexibility index (Phi) is 20.7. The molecule has 6 aromatic rings. The number of ether oxygens (including phenoxy) is 11. The molecule has 0 aliphatic carbocycles. The van der Waals surface area contributed by atoms with Crippen LogP contribution in [0, 0.1) is 0 Å². The lowest BCUT2D eigenvalue weighted by Crippen LogP contribution is -2.66. The molecule has 372 valence electrons. The quantitative estimate of drug-likeness (QED) is 0.0439. The molecule has 2 saturated heterocycles. The third-order valence-electron chi connectivity index (χ3n) is 12.2. The fourth-order valence-electron chi connectivity index (χ4n) is 8.66. The molecule has 0 N–H and O–H groups in total. The zero-order valence-corrected chi connectivity index (χ0v) is 40.2. The smallest absolute Gasteiger partial charge is 0.187 e. The van der Waals surface area contributed by atoms with Gasteiger partial charge in [0.15, 0.2) is 12.6 Å². The molecule has 10 atom stereocenters. The maximum absolute atomic E-state index is 7.45. The molecular formula is C60H66O11. The molecule has 2 heterocycles. The first-order chi connectivity index (χ1) is 35.1. The van der Waals surface area contributed by atoms with Crippen molar-refractivity contribution in [1.29, 1.82) is 0 Å². The van der Waals surface area contributed by atoms with Crippen LogP contribution in [0.1, 0.15) is 33.4 Å². The van der Waals surface area contributed by atoms with Crippen molar-refractivity contribution in [3.8, 4) is 0 Å². The van der Waals surface area contributed by atoms with E-state index >= 15 is 0 Å². The Bertz CT molecular complexity index is 2380. The summed E-state index contributed by atoms with van der Waals surface area (Å²) in [6.07, 6.45) is -4.84. The molecule has 0 aromatic heterocycles. The highest BCUT2D eigenvalue weighted by Crippen LogP contribution is 2.37. The first kappa shape index (κ1) is 51.7. The second-order valence-corrected chi connectivity index (χ2v) is 17.4. The van der Waals surface area contributed by atoms with Gasteiger partial charge in [0.2, 0.25) is 0 Å².